The van der Waals surface area contributed by atoms with Crippen LogP contribution in [0, 0.1) is 11.8 Å². The number of nitrogens with zero attached hydrogens (tertiary/aromatic N) is 3. The predicted molar refractivity (Wildman–Crippen MR) is 148 cm³/mol. The zero-order valence-electron chi connectivity index (χ0n) is 22.1. The molecular weight excluding hydrogens is 494 g/mol. The van der Waals surface area contributed by atoms with Gasteiger partial charge in [-0.3, -0.25) is 9.69 Å². The molecule has 3 heterocycles. The number of para-hydroxylation sites is 1. The fourth-order valence-electron chi connectivity index (χ4n) is 5.83. The maximum atomic E-state index is 13.9. The first kappa shape index (κ1) is 25.4. The third-order valence-electron chi connectivity index (χ3n) is 8.15. The molecule has 1 saturated carbocycles. The lowest BCUT2D eigenvalue weighted by Crippen LogP contribution is -2.47. The Morgan fingerprint density at radius 2 is 1.69 bits per heavy atom. The summed E-state index contributed by atoms with van der Waals surface area (Å²) in [5, 5.41) is 15.9. The highest BCUT2D eigenvalue weighted by Gasteiger charge is 2.37. The third kappa shape index (κ3) is 5.08. The van der Waals surface area contributed by atoms with Gasteiger partial charge in [0.1, 0.15) is 16.9 Å². The molecule has 2 aromatic heterocycles. The molecule has 0 atom stereocenters. The van der Waals surface area contributed by atoms with E-state index in [1.165, 1.54) is 6.20 Å². The largest absolute Gasteiger partial charge is 0.477 e. The molecule has 1 aliphatic carbocycles. The smallest absolute Gasteiger partial charge is 0.341 e. The molecule has 0 radical (unpaired) electrons. The summed E-state index contributed by atoms with van der Waals surface area (Å²) in [7, 11) is 0. The van der Waals surface area contributed by atoms with Crippen LogP contribution in [0.5, 0.6) is 0 Å². The summed E-state index contributed by atoms with van der Waals surface area (Å²) in [4.78, 5) is 28.0. The van der Waals surface area contributed by atoms with E-state index in [9.17, 15) is 14.7 Å². The fourth-order valence-corrected chi connectivity index (χ4v) is 5.83. The zero-order chi connectivity index (χ0) is 26.9. The van der Waals surface area contributed by atoms with Gasteiger partial charge in [-0.2, -0.15) is 0 Å². The van der Waals surface area contributed by atoms with Crippen LogP contribution >= 0.6 is 0 Å². The van der Waals surface area contributed by atoms with Crippen LogP contribution in [0.1, 0.15) is 55.8 Å². The quantitative estimate of drug-likeness (QED) is 0.315. The van der Waals surface area contributed by atoms with Gasteiger partial charge in [0.25, 0.3) is 0 Å². The van der Waals surface area contributed by atoms with Crippen LogP contribution < -0.4 is 4.90 Å². The Balaban J connectivity index is 1.34. The number of carboxylic acid groups (broad SMARTS) is 1. The van der Waals surface area contributed by atoms with Crippen molar-refractivity contribution in [1.82, 2.24) is 9.78 Å². The lowest BCUT2D eigenvalue weighted by atomic mass is 9.82. The number of rotatable bonds is 6. The van der Waals surface area contributed by atoms with Crippen molar-refractivity contribution in [2.24, 2.45) is 11.8 Å². The van der Waals surface area contributed by atoms with E-state index in [4.69, 9.17) is 14.3 Å². The molecule has 2 aromatic carbocycles. The summed E-state index contributed by atoms with van der Waals surface area (Å²) >= 11 is 0. The Hall–Kier alpha value is -3.91. The average molecular weight is 528 g/mol. The molecule has 202 valence electrons. The van der Waals surface area contributed by atoms with E-state index >= 15 is 0 Å². The molecule has 1 saturated heterocycles. The summed E-state index contributed by atoms with van der Waals surface area (Å²) in [5.41, 5.74) is 2.46. The standard InChI is InChI=1S/C31H33N3O5/c1-20-6-8-22(9-7-20)30(35)34(25-14-16-38-17-15-25)29-26(31(36)37)19-33(32-29)24-12-10-21(11-13-24)28-18-23-4-2-3-5-27(23)39-28/h2-5,10-13,18-20,22,25H,6-9,14-17H2,1H3,(H,36,37). The second kappa shape index (κ2) is 10.7. The second-order valence-electron chi connectivity index (χ2n) is 10.8. The number of ether oxygens (including phenoxy) is 1. The SMILES string of the molecule is CC1CCC(C(=O)N(c2nn(-c3ccc(-c4cc5ccccc5o4)cc3)cc2C(=O)O)C2CCOCC2)CC1. The van der Waals surface area contributed by atoms with Gasteiger partial charge >= 0.3 is 5.97 Å². The van der Waals surface area contributed by atoms with Crippen molar-refractivity contribution < 1.29 is 23.8 Å². The van der Waals surface area contributed by atoms with E-state index in [0.717, 1.165) is 48.0 Å². The average Bonchev–Trinajstić information content (AvgIpc) is 3.60. The van der Waals surface area contributed by atoms with Crippen molar-refractivity contribution in [2.45, 2.75) is 51.5 Å². The minimum atomic E-state index is -1.10. The van der Waals surface area contributed by atoms with E-state index in [0.29, 0.717) is 37.7 Å². The Kier molecular flexibility index (Phi) is 6.95. The highest BCUT2D eigenvalue weighted by molar-refractivity contribution is 6.02. The molecule has 0 bridgehead atoms. The van der Waals surface area contributed by atoms with E-state index in [2.05, 4.69) is 6.92 Å². The number of carbonyl (C=O) groups is 2. The highest BCUT2D eigenvalue weighted by Crippen LogP contribution is 2.35. The van der Waals surface area contributed by atoms with Crippen molar-refractivity contribution in [2.75, 3.05) is 18.1 Å². The normalized spacial score (nSPS) is 20.2. The van der Waals surface area contributed by atoms with Gasteiger partial charge in [0.05, 0.1) is 5.69 Å². The molecule has 8 heteroatoms. The number of hydrogen-bond donors (Lipinski definition) is 1. The molecule has 1 N–H and O–H groups in total. The van der Waals surface area contributed by atoms with E-state index < -0.39 is 5.97 Å². The Morgan fingerprint density at radius 3 is 2.38 bits per heavy atom. The maximum absolute atomic E-state index is 13.9. The number of aromatic nitrogens is 2. The molecular formula is C31H33N3O5. The summed E-state index contributed by atoms with van der Waals surface area (Å²) in [5.74, 6) is 0.368. The van der Waals surface area contributed by atoms with Gasteiger partial charge in [0.15, 0.2) is 5.82 Å². The topological polar surface area (TPSA) is 97.8 Å². The molecule has 8 nitrogen and oxygen atoms in total. The molecule has 4 aromatic rings. The van der Waals surface area contributed by atoms with Gasteiger partial charge < -0.3 is 14.3 Å². The van der Waals surface area contributed by atoms with Gasteiger partial charge in [-0.25, -0.2) is 9.48 Å². The third-order valence-corrected chi connectivity index (χ3v) is 8.15. The number of furan rings is 1. The Bertz CT molecular complexity index is 1440. The lowest BCUT2D eigenvalue weighted by Gasteiger charge is -2.37. The highest BCUT2D eigenvalue weighted by atomic mass is 16.5. The van der Waals surface area contributed by atoms with Crippen LogP contribution in [0.25, 0.3) is 28.0 Å². The van der Waals surface area contributed by atoms with Crippen LogP contribution in [-0.4, -0.2) is 46.0 Å². The lowest BCUT2D eigenvalue weighted by molar-refractivity contribution is -0.124. The van der Waals surface area contributed by atoms with Crippen LogP contribution in [0.3, 0.4) is 0 Å². The van der Waals surface area contributed by atoms with Crippen LogP contribution in [-0.2, 0) is 9.53 Å². The molecule has 2 aliphatic rings. The van der Waals surface area contributed by atoms with Crippen LogP contribution in [0.4, 0.5) is 5.82 Å². The first-order valence-corrected chi connectivity index (χ1v) is 13.8. The van der Waals surface area contributed by atoms with Gasteiger partial charge in [-0.15, -0.1) is 5.10 Å². The number of fused-ring (bicyclic) bond motifs is 1. The minimum absolute atomic E-state index is 0.0122. The van der Waals surface area contributed by atoms with Gasteiger partial charge in [0, 0.05) is 42.3 Å². The van der Waals surface area contributed by atoms with E-state index in [-0.39, 0.29) is 29.2 Å². The number of hydrogen-bond acceptors (Lipinski definition) is 5. The van der Waals surface area contributed by atoms with Crippen LogP contribution in [0.2, 0.25) is 0 Å². The molecule has 0 unspecified atom stereocenters. The number of anilines is 1. The number of benzene rings is 2. The fraction of sp³-hybridized carbons (Fsp3) is 0.387. The minimum Gasteiger partial charge on any atom is -0.477 e. The second-order valence-corrected chi connectivity index (χ2v) is 10.8. The van der Waals surface area contributed by atoms with Gasteiger partial charge in [-0.1, -0.05) is 25.1 Å². The van der Waals surface area contributed by atoms with Crippen molar-refractivity contribution in [1.29, 1.82) is 0 Å². The van der Waals surface area contributed by atoms with Crippen molar-refractivity contribution >= 4 is 28.7 Å². The number of aromatic carboxylic acids is 1. The van der Waals surface area contributed by atoms with Crippen molar-refractivity contribution in [3.8, 4) is 17.0 Å². The summed E-state index contributed by atoms with van der Waals surface area (Å²) in [6.45, 7) is 3.31. The number of amides is 1. The Morgan fingerprint density at radius 1 is 0.974 bits per heavy atom. The van der Waals surface area contributed by atoms with Crippen LogP contribution in [0.15, 0.2) is 65.2 Å². The molecule has 2 fully saturated rings. The molecule has 1 amide bonds. The predicted octanol–water partition coefficient (Wildman–Crippen LogP) is 6.32. The molecule has 6 rings (SSSR count). The number of carboxylic acids is 1. The summed E-state index contributed by atoms with van der Waals surface area (Å²) < 4.78 is 13.1. The summed E-state index contributed by atoms with van der Waals surface area (Å²) in [6, 6.07) is 17.4. The first-order valence-electron chi connectivity index (χ1n) is 13.8. The Labute approximate surface area is 227 Å². The molecule has 39 heavy (non-hydrogen) atoms. The molecule has 1 aliphatic heterocycles. The summed E-state index contributed by atoms with van der Waals surface area (Å²) in [6.07, 6.45) is 6.50. The van der Waals surface area contributed by atoms with E-state index in [1.807, 2.05) is 54.6 Å². The maximum Gasteiger partial charge on any atom is 0.341 e. The van der Waals surface area contributed by atoms with Crippen molar-refractivity contribution in [3.05, 3.63) is 66.4 Å². The van der Waals surface area contributed by atoms with Crippen molar-refractivity contribution in [3.63, 3.8) is 0 Å². The first-order chi connectivity index (χ1) is 19.0. The van der Waals surface area contributed by atoms with Gasteiger partial charge in [0.2, 0.25) is 5.91 Å². The number of carbonyl (C=O) groups excluding carboxylic acids is 1. The van der Waals surface area contributed by atoms with E-state index in [1.54, 1.807) is 9.58 Å². The zero-order valence-corrected chi connectivity index (χ0v) is 22.1. The van der Waals surface area contributed by atoms with Gasteiger partial charge in [-0.05, 0) is 80.8 Å². The molecule has 0 spiro atoms. The monoisotopic (exact) mass is 527 g/mol.